The number of phenols is 1. The number of benzene rings is 1. The van der Waals surface area contributed by atoms with Gasteiger partial charge in [-0.25, -0.2) is 28.7 Å². The standard InChI is InChI=1S/C25H30N6O10S/c1-22(2,3)40-20(34)15(41-42(37,38)30-19(33)12-8-6-7-9-13(12)32)16-24(35)23(4,5)25(24,36)21(39-16)31-11-29-14-17(26)27-10-28-18(14)31/h6-11,15-16,21,32,35-36H,1-5H3,(H,30,33)(H2,26,27,28)/t15?,16-,21-,24+,25-/m1/s1. The van der Waals surface area contributed by atoms with Crippen molar-refractivity contribution in [2.75, 3.05) is 5.73 Å². The van der Waals surface area contributed by atoms with E-state index >= 15 is 0 Å². The van der Waals surface area contributed by atoms with E-state index in [2.05, 4.69) is 15.0 Å². The van der Waals surface area contributed by atoms with Gasteiger partial charge in [-0.3, -0.25) is 9.36 Å². The number of hydrogen-bond acceptors (Lipinski definition) is 14. The van der Waals surface area contributed by atoms with Gasteiger partial charge >= 0.3 is 16.3 Å². The van der Waals surface area contributed by atoms with Crippen LogP contribution in [0.1, 0.15) is 51.2 Å². The Labute approximate surface area is 239 Å². The largest absolute Gasteiger partial charge is 0.507 e. The van der Waals surface area contributed by atoms with Gasteiger partial charge in [0, 0.05) is 5.41 Å². The Balaban J connectivity index is 1.54. The quantitative estimate of drug-likeness (QED) is 0.221. The zero-order valence-corrected chi connectivity index (χ0v) is 24.0. The van der Waals surface area contributed by atoms with E-state index in [-0.39, 0.29) is 22.5 Å². The van der Waals surface area contributed by atoms with E-state index in [1.807, 2.05) is 0 Å². The molecule has 3 aromatic rings. The average molecular weight is 607 g/mol. The van der Waals surface area contributed by atoms with E-state index in [0.29, 0.717) is 0 Å². The van der Waals surface area contributed by atoms with Gasteiger partial charge in [0.1, 0.15) is 40.5 Å². The molecule has 3 heterocycles. The molecule has 5 rings (SSSR count). The van der Waals surface area contributed by atoms with Crippen LogP contribution in [0.5, 0.6) is 5.75 Å². The third-order valence-electron chi connectivity index (χ3n) is 7.62. The second-order valence-corrected chi connectivity index (χ2v) is 12.9. The number of anilines is 1. The second-order valence-electron chi connectivity index (χ2n) is 11.6. The number of aliphatic hydroxyl groups is 2. The Hall–Kier alpha value is -3.90. The number of amides is 1. The lowest BCUT2D eigenvalue weighted by Gasteiger charge is -2.32. The first-order valence-electron chi connectivity index (χ1n) is 12.6. The third-order valence-corrected chi connectivity index (χ3v) is 8.52. The minimum Gasteiger partial charge on any atom is -0.507 e. The molecule has 1 amide bonds. The summed E-state index contributed by atoms with van der Waals surface area (Å²) < 4.78 is 45.5. The molecule has 1 saturated heterocycles. The Morgan fingerprint density at radius 3 is 2.45 bits per heavy atom. The fourth-order valence-electron chi connectivity index (χ4n) is 5.47. The van der Waals surface area contributed by atoms with Crippen LogP contribution < -0.4 is 10.5 Å². The first-order valence-corrected chi connectivity index (χ1v) is 14.1. The zero-order chi connectivity index (χ0) is 31.0. The van der Waals surface area contributed by atoms with Gasteiger partial charge in [-0.1, -0.05) is 26.0 Å². The van der Waals surface area contributed by atoms with Gasteiger partial charge in [0.05, 0.1) is 11.9 Å². The normalized spacial score (nSPS) is 27.3. The molecule has 0 radical (unpaired) electrons. The van der Waals surface area contributed by atoms with E-state index in [1.54, 1.807) is 4.72 Å². The molecular formula is C25H30N6O10S. The highest BCUT2D eigenvalue weighted by Crippen LogP contribution is 2.76. The molecule has 1 aliphatic carbocycles. The summed E-state index contributed by atoms with van der Waals surface area (Å²) in [5.74, 6) is -3.00. The van der Waals surface area contributed by atoms with Gasteiger partial charge < -0.3 is 30.5 Å². The molecule has 1 unspecified atom stereocenters. The topological polar surface area (TPSA) is 238 Å². The molecule has 2 aliphatic rings. The van der Waals surface area contributed by atoms with Crippen LogP contribution in [0.2, 0.25) is 0 Å². The minimum absolute atomic E-state index is 0.0341. The molecule has 0 spiro atoms. The Bertz CT molecular complexity index is 1700. The van der Waals surface area contributed by atoms with Crippen LogP contribution in [0.4, 0.5) is 5.82 Å². The number of rotatable bonds is 7. The lowest BCUT2D eigenvalue weighted by atomic mass is 9.97. The van der Waals surface area contributed by atoms with Crippen LogP contribution in [-0.4, -0.2) is 84.1 Å². The summed E-state index contributed by atoms with van der Waals surface area (Å²) in [7, 11) is -5.12. The van der Waals surface area contributed by atoms with Crippen LogP contribution >= 0.6 is 0 Å². The van der Waals surface area contributed by atoms with E-state index in [1.165, 1.54) is 63.7 Å². The summed E-state index contributed by atoms with van der Waals surface area (Å²) >= 11 is 0. The van der Waals surface area contributed by atoms with Gasteiger partial charge in [-0.05, 0) is 32.9 Å². The molecular weight excluding hydrogens is 576 g/mol. The number of para-hydroxylation sites is 1. The average Bonchev–Trinajstić information content (AvgIpc) is 3.23. The fraction of sp³-hybridized carbons (Fsp3) is 0.480. The highest BCUT2D eigenvalue weighted by atomic mass is 32.2. The summed E-state index contributed by atoms with van der Waals surface area (Å²) in [6, 6.07) is 5.15. The number of aromatic nitrogens is 4. The molecule has 226 valence electrons. The van der Waals surface area contributed by atoms with Crippen LogP contribution in [0.3, 0.4) is 0 Å². The SMILES string of the molecule is CC(C)(C)OC(=O)C(OS(=O)(=O)NC(=O)c1ccccc1O)[C@H]1O[C@@H](n2cnc3c(N)ncnc32)[C@@]2(O)C(C)(C)[C@@]12O. The summed E-state index contributed by atoms with van der Waals surface area (Å²) in [5, 5.41) is 33.6. The van der Waals surface area contributed by atoms with Crippen molar-refractivity contribution in [1.29, 1.82) is 0 Å². The van der Waals surface area contributed by atoms with E-state index in [0.717, 1.165) is 12.4 Å². The molecule has 17 heteroatoms. The number of hydrogen-bond donors (Lipinski definition) is 5. The maximum Gasteiger partial charge on any atom is 0.363 e. The van der Waals surface area contributed by atoms with Crippen molar-refractivity contribution in [2.45, 2.75) is 69.9 Å². The number of fused-ring (bicyclic) bond motifs is 2. The highest BCUT2D eigenvalue weighted by molar-refractivity contribution is 7.85. The number of imidazole rings is 1. The molecule has 1 aromatic carbocycles. The molecule has 6 N–H and O–H groups in total. The van der Waals surface area contributed by atoms with Crippen molar-refractivity contribution in [2.24, 2.45) is 5.41 Å². The van der Waals surface area contributed by atoms with Crippen LogP contribution in [0.15, 0.2) is 36.9 Å². The molecule has 2 fully saturated rings. The molecule has 1 saturated carbocycles. The maximum absolute atomic E-state index is 13.4. The predicted octanol–water partition coefficient (Wildman–Crippen LogP) is -0.0848. The highest BCUT2D eigenvalue weighted by Gasteiger charge is 2.94. The molecule has 5 atom stereocenters. The maximum atomic E-state index is 13.4. The molecule has 16 nitrogen and oxygen atoms in total. The number of aromatic hydroxyl groups is 1. The van der Waals surface area contributed by atoms with Crippen LogP contribution in [-0.2, 0) is 28.8 Å². The summed E-state index contributed by atoms with van der Waals surface area (Å²) in [6.07, 6.45) is -3.15. The van der Waals surface area contributed by atoms with Crippen molar-refractivity contribution in [1.82, 2.24) is 24.2 Å². The molecule has 42 heavy (non-hydrogen) atoms. The zero-order valence-electron chi connectivity index (χ0n) is 23.2. The van der Waals surface area contributed by atoms with E-state index in [9.17, 15) is 33.3 Å². The lowest BCUT2D eigenvalue weighted by molar-refractivity contribution is -0.184. The number of nitrogens with one attached hydrogen (secondary N) is 1. The fourth-order valence-corrected chi connectivity index (χ4v) is 6.31. The van der Waals surface area contributed by atoms with Crippen molar-refractivity contribution in [3.8, 4) is 5.75 Å². The number of nitrogens with two attached hydrogens (primary N) is 1. The number of carbonyl (C=O) groups is 2. The first kappa shape index (κ1) is 29.6. The number of carbonyl (C=O) groups excluding carboxylic acids is 2. The van der Waals surface area contributed by atoms with Crippen molar-refractivity contribution in [3.63, 3.8) is 0 Å². The Morgan fingerprint density at radius 1 is 1.14 bits per heavy atom. The smallest absolute Gasteiger partial charge is 0.363 e. The Kier molecular flexibility index (Phi) is 6.55. The number of esters is 1. The van der Waals surface area contributed by atoms with Gasteiger partial charge in [-0.2, -0.15) is 8.42 Å². The van der Waals surface area contributed by atoms with Crippen molar-refractivity contribution >= 4 is 39.2 Å². The van der Waals surface area contributed by atoms with Gasteiger partial charge in [-0.15, -0.1) is 0 Å². The number of nitrogen functional groups attached to an aromatic ring is 1. The van der Waals surface area contributed by atoms with E-state index < -0.39 is 68.6 Å². The summed E-state index contributed by atoms with van der Waals surface area (Å²) in [4.78, 5) is 38.2. The first-order chi connectivity index (χ1) is 19.4. The van der Waals surface area contributed by atoms with Gasteiger partial charge in [0.25, 0.3) is 5.91 Å². The number of phenolic OH excluding ortho intramolecular Hbond substituents is 1. The summed E-state index contributed by atoms with van der Waals surface area (Å²) in [6.45, 7) is 7.52. The summed E-state index contributed by atoms with van der Waals surface area (Å²) in [5.41, 5.74) is -1.16. The van der Waals surface area contributed by atoms with Crippen LogP contribution in [0.25, 0.3) is 11.2 Å². The lowest BCUT2D eigenvalue weighted by Crippen LogP contribution is -2.52. The Morgan fingerprint density at radius 2 is 1.81 bits per heavy atom. The minimum atomic E-state index is -5.12. The molecule has 2 aromatic heterocycles. The van der Waals surface area contributed by atoms with Gasteiger partial charge in [0.2, 0.25) is 6.10 Å². The number of nitrogens with zero attached hydrogens (tertiary/aromatic N) is 4. The monoisotopic (exact) mass is 606 g/mol. The van der Waals surface area contributed by atoms with Crippen molar-refractivity contribution < 1.29 is 47.0 Å². The third kappa shape index (κ3) is 4.27. The predicted molar refractivity (Wildman–Crippen MR) is 143 cm³/mol. The molecule has 1 aliphatic heterocycles. The van der Waals surface area contributed by atoms with E-state index in [4.69, 9.17) is 19.4 Å². The van der Waals surface area contributed by atoms with Crippen molar-refractivity contribution in [3.05, 3.63) is 42.5 Å². The number of ether oxygens (including phenoxy) is 2. The second kappa shape index (κ2) is 9.30. The van der Waals surface area contributed by atoms with Gasteiger partial charge in [0.15, 0.2) is 17.7 Å². The van der Waals surface area contributed by atoms with Crippen LogP contribution in [0, 0.1) is 5.41 Å². The molecule has 0 bridgehead atoms.